The van der Waals surface area contributed by atoms with E-state index >= 15 is 0 Å². The van der Waals surface area contributed by atoms with E-state index in [1.54, 1.807) is 0 Å². The predicted octanol–water partition coefficient (Wildman–Crippen LogP) is 5.36. The fourth-order valence-corrected chi connectivity index (χ4v) is 4.03. The van der Waals surface area contributed by atoms with Crippen molar-refractivity contribution in [3.05, 3.63) is 72.3 Å². The molecule has 0 aromatic heterocycles. The maximum atomic E-state index is 11.5. The van der Waals surface area contributed by atoms with E-state index in [1.165, 1.54) is 26.9 Å². The summed E-state index contributed by atoms with van der Waals surface area (Å²) < 4.78 is 0. The molecule has 5 rings (SSSR count). The lowest BCUT2D eigenvalue weighted by Crippen LogP contribution is -2.02. The van der Waals surface area contributed by atoms with E-state index in [4.69, 9.17) is 0 Å². The molecule has 0 aliphatic heterocycles. The molecule has 0 aliphatic rings. The van der Waals surface area contributed by atoms with Crippen LogP contribution in [-0.2, 0) is 11.2 Å². The molecule has 0 unspecified atom stereocenters. The summed E-state index contributed by atoms with van der Waals surface area (Å²) in [7, 11) is 0. The van der Waals surface area contributed by atoms with Crippen molar-refractivity contribution in [2.75, 3.05) is 0 Å². The van der Waals surface area contributed by atoms with Crippen molar-refractivity contribution in [1.82, 2.24) is 0 Å². The van der Waals surface area contributed by atoms with Crippen molar-refractivity contribution in [1.29, 1.82) is 0 Å². The van der Waals surface area contributed by atoms with Gasteiger partial charge in [0.1, 0.15) is 0 Å². The highest BCUT2D eigenvalue weighted by Gasteiger charge is 2.16. The Morgan fingerprint density at radius 1 is 0.667 bits per heavy atom. The Morgan fingerprint density at radius 2 is 1.33 bits per heavy atom. The minimum Gasteiger partial charge on any atom is -0.481 e. The summed E-state index contributed by atoms with van der Waals surface area (Å²) in [5.74, 6) is -0.796. The van der Waals surface area contributed by atoms with Gasteiger partial charge in [0.2, 0.25) is 0 Å². The monoisotopic (exact) mass is 310 g/mol. The van der Waals surface area contributed by atoms with Crippen LogP contribution in [-0.4, -0.2) is 11.1 Å². The van der Waals surface area contributed by atoms with Gasteiger partial charge in [-0.25, -0.2) is 0 Å². The topological polar surface area (TPSA) is 37.3 Å². The first-order valence-corrected chi connectivity index (χ1v) is 8.03. The van der Waals surface area contributed by atoms with E-state index in [9.17, 15) is 9.90 Å². The van der Waals surface area contributed by atoms with Gasteiger partial charge in [0.05, 0.1) is 6.42 Å². The van der Waals surface area contributed by atoms with Gasteiger partial charge in [-0.15, -0.1) is 0 Å². The first-order valence-electron chi connectivity index (χ1n) is 8.03. The van der Waals surface area contributed by atoms with E-state index in [1.807, 2.05) is 18.2 Å². The first-order chi connectivity index (χ1) is 11.7. The van der Waals surface area contributed by atoms with Crippen LogP contribution in [0.5, 0.6) is 0 Å². The molecule has 2 heteroatoms. The lowest BCUT2D eigenvalue weighted by atomic mass is 9.87. The molecular weight excluding hydrogens is 296 g/mol. The summed E-state index contributed by atoms with van der Waals surface area (Å²) in [4.78, 5) is 11.5. The smallest absolute Gasteiger partial charge is 0.307 e. The first kappa shape index (κ1) is 13.3. The van der Waals surface area contributed by atoms with Gasteiger partial charge in [-0.2, -0.15) is 0 Å². The number of carbonyl (C=O) groups is 1. The summed E-state index contributed by atoms with van der Waals surface area (Å²) in [6.45, 7) is 0. The van der Waals surface area contributed by atoms with Crippen molar-refractivity contribution < 1.29 is 9.90 Å². The highest BCUT2D eigenvalue weighted by Crippen LogP contribution is 2.40. The van der Waals surface area contributed by atoms with Gasteiger partial charge in [0.25, 0.3) is 0 Å². The van der Waals surface area contributed by atoms with Crippen LogP contribution in [0, 0.1) is 0 Å². The van der Waals surface area contributed by atoms with Gasteiger partial charge >= 0.3 is 5.97 Å². The lowest BCUT2D eigenvalue weighted by molar-refractivity contribution is -0.136. The van der Waals surface area contributed by atoms with Crippen LogP contribution >= 0.6 is 0 Å². The largest absolute Gasteiger partial charge is 0.481 e. The molecule has 24 heavy (non-hydrogen) atoms. The SMILES string of the molecule is O=C(O)Cc1c2ccccc2c2ccc3cccc4ccc1c2c43. The van der Waals surface area contributed by atoms with Crippen LogP contribution in [0.2, 0.25) is 0 Å². The number of carboxylic acid groups (broad SMARTS) is 1. The predicted molar refractivity (Wildman–Crippen MR) is 99.0 cm³/mol. The number of hydrogen-bond acceptors (Lipinski definition) is 1. The number of rotatable bonds is 2. The van der Waals surface area contributed by atoms with Gasteiger partial charge in [-0.1, -0.05) is 66.7 Å². The average Bonchev–Trinajstić information content (AvgIpc) is 2.61. The number of hydrogen-bond donors (Lipinski definition) is 1. The van der Waals surface area contributed by atoms with E-state index in [0.717, 1.165) is 21.7 Å². The third-order valence-corrected chi connectivity index (χ3v) is 4.97. The number of carboxylic acids is 1. The minimum atomic E-state index is -0.796. The number of benzene rings is 5. The van der Waals surface area contributed by atoms with Gasteiger partial charge in [0, 0.05) is 0 Å². The highest BCUT2D eigenvalue weighted by molar-refractivity contribution is 6.30. The zero-order valence-electron chi connectivity index (χ0n) is 12.9. The summed E-state index contributed by atoms with van der Waals surface area (Å²) in [5, 5.41) is 18.6. The molecule has 0 aliphatic carbocycles. The van der Waals surface area contributed by atoms with Crippen LogP contribution in [0.4, 0.5) is 0 Å². The quantitative estimate of drug-likeness (QED) is 0.352. The fraction of sp³-hybridized carbons (Fsp3) is 0.0455. The van der Waals surface area contributed by atoms with Crippen LogP contribution in [0.25, 0.3) is 43.1 Å². The number of fused-ring (bicyclic) bond motifs is 2. The molecule has 0 saturated carbocycles. The second kappa shape index (κ2) is 4.68. The standard InChI is InChI=1S/C22H14O2/c23-20(24)12-19-16-7-2-1-6-15(16)17-10-8-13-4-3-5-14-9-11-18(19)22(17)21(13)14/h1-11H,12H2,(H,23,24). The maximum Gasteiger partial charge on any atom is 0.307 e. The molecule has 0 bridgehead atoms. The summed E-state index contributed by atoms with van der Waals surface area (Å²) in [6, 6.07) is 22.9. The van der Waals surface area contributed by atoms with E-state index in [2.05, 4.69) is 48.5 Å². The van der Waals surface area contributed by atoms with Crippen LogP contribution in [0.3, 0.4) is 0 Å². The Kier molecular flexibility index (Phi) is 2.60. The van der Waals surface area contributed by atoms with E-state index in [0.29, 0.717) is 0 Å². The molecule has 5 aromatic rings. The second-order valence-electron chi connectivity index (χ2n) is 6.28. The van der Waals surface area contributed by atoms with Gasteiger partial charge in [-0.3, -0.25) is 4.79 Å². The van der Waals surface area contributed by atoms with Crippen molar-refractivity contribution in [3.63, 3.8) is 0 Å². The third-order valence-electron chi connectivity index (χ3n) is 4.97. The van der Waals surface area contributed by atoms with Gasteiger partial charge < -0.3 is 5.11 Å². The zero-order chi connectivity index (χ0) is 16.3. The average molecular weight is 310 g/mol. The van der Waals surface area contributed by atoms with Crippen molar-refractivity contribution in [2.24, 2.45) is 0 Å². The summed E-state index contributed by atoms with van der Waals surface area (Å²) in [6.07, 6.45) is 0.0364. The summed E-state index contributed by atoms with van der Waals surface area (Å²) >= 11 is 0. The van der Waals surface area contributed by atoms with Gasteiger partial charge in [0.15, 0.2) is 0 Å². The second-order valence-corrected chi connectivity index (χ2v) is 6.28. The zero-order valence-corrected chi connectivity index (χ0v) is 12.9. The molecule has 0 radical (unpaired) electrons. The Bertz CT molecular complexity index is 1240. The van der Waals surface area contributed by atoms with E-state index in [-0.39, 0.29) is 6.42 Å². The van der Waals surface area contributed by atoms with Crippen molar-refractivity contribution in [3.8, 4) is 0 Å². The Balaban J connectivity index is 2.14. The molecule has 0 amide bonds. The highest BCUT2D eigenvalue weighted by atomic mass is 16.4. The molecule has 1 N–H and O–H groups in total. The Morgan fingerprint density at radius 3 is 2.04 bits per heavy atom. The molecular formula is C22H14O2. The molecule has 0 atom stereocenters. The summed E-state index contributed by atoms with van der Waals surface area (Å²) in [5.41, 5.74) is 0.906. The lowest BCUT2D eigenvalue weighted by Gasteiger charge is -2.16. The van der Waals surface area contributed by atoms with Crippen LogP contribution < -0.4 is 0 Å². The van der Waals surface area contributed by atoms with Gasteiger partial charge in [-0.05, 0) is 48.7 Å². The Hall–Kier alpha value is -3.13. The van der Waals surface area contributed by atoms with Crippen LogP contribution in [0.1, 0.15) is 5.56 Å². The van der Waals surface area contributed by atoms with E-state index < -0.39 is 5.97 Å². The molecule has 0 heterocycles. The molecule has 2 nitrogen and oxygen atoms in total. The van der Waals surface area contributed by atoms with Crippen molar-refractivity contribution in [2.45, 2.75) is 6.42 Å². The van der Waals surface area contributed by atoms with Crippen LogP contribution in [0.15, 0.2) is 66.7 Å². The number of aliphatic carboxylic acids is 1. The molecule has 5 aromatic carbocycles. The molecule has 0 fully saturated rings. The minimum absolute atomic E-state index is 0.0364. The normalized spacial score (nSPS) is 11.8. The van der Waals surface area contributed by atoms with Crippen molar-refractivity contribution >= 4 is 49.1 Å². The fourth-order valence-electron chi connectivity index (χ4n) is 4.03. The molecule has 114 valence electrons. The molecule has 0 saturated heterocycles. The Labute approximate surface area is 138 Å². The molecule has 0 spiro atoms. The third kappa shape index (κ3) is 1.68. The maximum absolute atomic E-state index is 11.5.